The summed E-state index contributed by atoms with van der Waals surface area (Å²) in [5.74, 6) is -0.354. The number of nitrogens with zero attached hydrogens (tertiary/aromatic N) is 1. The second-order valence-corrected chi connectivity index (χ2v) is 4.38. The van der Waals surface area contributed by atoms with Crippen LogP contribution in [0.2, 0.25) is 0 Å². The summed E-state index contributed by atoms with van der Waals surface area (Å²) in [7, 11) is 0. The second kappa shape index (κ2) is 3.23. The molecule has 1 unspecified atom stereocenters. The van der Waals surface area contributed by atoms with Crippen molar-refractivity contribution in [1.29, 1.82) is 0 Å². The van der Waals surface area contributed by atoms with Crippen LogP contribution in [-0.4, -0.2) is 35.2 Å². The van der Waals surface area contributed by atoms with Crippen molar-refractivity contribution >= 4 is 12.1 Å². The third-order valence-electron chi connectivity index (χ3n) is 3.43. The molecule has 0 aromatic heterocycles. The smallest absolute Gasteiger partial charge is 0.407 e. The van der Waals surface area contributed by atoms with Crippen LogP contribution in [0.25, 0.3) is 0 Å². The van der Waals surface area contributed by atoms with Gasteiger partial charge in [-0.1, -0.05) is 18.2 Å². The molecule has 1 amide bonds. The molecule has 2 aliphatic heterocycles. The number of hydrogen-bond acceptors (Lipinski definition) is 3. The Hall–Kier alpha value is -2.04. The third-order valence-corrected chi connectivity index (χ3v) is 3.43. The van der Waals surface area contributed by atoms with Gasteiger partial charge in [0.1, 0.15) is 0 Å². The van der Waals surface area contributed by atoms with Crippen LogP contribution in [0.15, 0.2) is 24.3 Å². The number of fused-ring (bicyclic) bond motifs is 2. The lowest BCUT2D eigenvalue weighted by molar-refractivity contribution is -0.00288. The molecular weight excluding hydrogens is 222 g/mol. The second-order valence-electron chi connectivity index (χ2n) is 4.38. The van der Waals surface area contributed by atoms with Crippen molar-refractivity contribution in [2.75, 3.05) is 13.1 Å². The number of esters is 1. The van der Waals surface area contributed by atoms with Crippen LogP contribution in [0, 0.1) is 0 Å². The molecule has 17 heavy (non-hydrogen) atoms. The van der Waals surface area contributed by atoms with Crippen LogP contribution in [0.3, 0.4) is 0 Å². The van der Waals surface area contributed by atoms with Crippen LogP contribution in [-0.2, 0) is 10.3 Å². The SMILES string of the molecule is O=C1OC2(CCN(C(=O)O)C2)c2ccccc21. The molecule has 5 nitrogen and oxygen atoms in total. The van der Waals surface area contributed by atoms with Crippen molar-refractivity contribution in [2.45, 2.75) is 12.0 Å². The predicted molar refractivity (Wildman–Crippen MR) is 57.8 cm³/mol. The van der Waals surface area contributed by atoms with E-state index in [0.717, 1.165) is 5.56 Å². The Morgan fingerprint density at radius 3 is 2.88 bits per heavy atom. The van der Waals surface area contributed by atoms with Gasteiger partial charge in [-0.15, -0.1) is 0 Å². The van der Waals surface area contributed by atoms with Gasteiger partial charge in [0, 0.05) is 18.5 Å². The van der Waals surface area contributed by atoms with Gasteiger partial charge in [0.2, 0.25) is 0 Å². The molecule has 2 heterocycles. The van der Waals surface area contributed by atoms with Crippen molar-refractivity contribution in [3.63, 3.8) is 0 Å². The summed E-state index contributed by atoms with van der Waals surface area (Å²) in [6.45, 7) is 0.627. The van der Waals surface area contributed by atoms with Gasteiger partial charge in [-0.3, -0.25) is 0 Å². The summed E-state index contributed by atoms with van der Waals surface area (Å²) in [6, 6.07) is 7.18. The quantitative estimate of drug-likeness (QED) is 0.688. The standard InChI is InChI=1S/C12H11NO4/c14-10-8-3-1-2-4-9(8)12(17-10)5-6-13(7-12)11(15)16/h1-4H,5-7H2,(H,15,16). The molecule has 1 aromatic rings. The van der Waals surface area contributed by atoms with Crippen molar-refractivity contribution in [3.05, 3.63) is 35.4 Å². The first-order valence-corrected chi connectivity index (χ1v) is 5.43. The van der Waals surface area contributed by atoms with E-state index in [1.165, 1.54) is 4.90 Å². The predicted octanol–water partition coefficient (Wildman–Crippen LogP) is 1.44. The minimum Gasteiger partial charge on any atom is -0.465 e. The molecular formula is C12H11NO4. The van der Waals surface area contributed by atoms with Crippen LogP contribution in [0.5, 0.6) is 0 Å². The number of carboxylic acid groups (broad SMARTS) is 1. The van der Waals surface area contributed by atoms with E-state index < -0.39 is 11.7 Å². The zero-order chi connectivity index (χ0) is 12.0. The minimum atomic E-state index is -0.970. The van der Waals surface area contributed by atoms with Gasteiger partial charge in [0.15, 0.2) is 5.60 Å². The highest BCUT2D eigenvalue weighted by molar-refractivity contribution is 5.95. The average Bonchev–Trinajstić information content (AvgIpc) is 2.85. The van der Waals surface area contributed by atoms with E-state index in [1.807, 2.05) is 12.1 Å². The van der Waals surface area contributed by atoms with Crippen molar-refractivity contribution in [1.82, 2.24) is 4.90 Å². The molecule has 0 saturated carbocycles. The van der Waals surface area contributed by atoms with Gasteiger partial charge in [-0.05, 0) is 6.07 Å². The Morgan fingerprint density at radius 2 is 2.18 bits per heavy atom. The molecule has 5 heteroatoms. The first-order valence-electron chi connectivity index (χ1n) is 5.43. The van der Waals surface area contributed by atoms with Gasteiger partial charge < -0.3 is 14.7 Å². The maximum Gasteiger partial charge on any atom is 0.407 e. The van der Waals surface area contributed by atoms with Crippen LogP contribution < -0.4 is 0 Å². The summed E-state index contributed by atoms with van der Waals surface area (Å²) < 4.78 is 5.42. The lowest BCUT2D eigenvalue weighted by Crippen LogP contribution is -2.33. The van der Waals surface area contributed by atoms with Gasteiger partial charge in [0.25, 0.3) is 0 Å². The molecule has 1 aromatic carbocycles. The zero-order valence-electron chi connectivity index (χ0n) is 9.05. The van der Waals surface area contributed by atoms with E-state index in [-0.39, 0.29) is 12.5 Å². The largest absolute Gasteiger partial charge is 0.465 e. The molecule has 0 aliphatic carbocycles. The number of likely N-dealkylation sites (tertiary alicyclic amines) is 1. The fourth-order valence-electron chi connectivity index (χ4n) is 2.59. The highest BCUT2D eigenvalue weighted by atomic mass is 16.6. The summed E-state index contributed by atoms with van der Waals surface area (Å²) in [5, 5.41) is 8.96. The summed E-state index contributed by atoms with van der Waals surface area (Å²) >= 11 is 0. The van der Waals surface area contributed by atoms with E-state index in [2.05, 4.69) is 0 Å². The van der Waals surface area contributed by atoms with Gasteiger partial charge in [0.05, 0.1) is 12.1 Å². The number of hydrogen-bond donors (Lipinski definition) is 1. The Labute approximate surface area is 97.6 Å². The Balaban J connectivity index is 2.02. The maximum absolute atomic E-state index is 11.7. The van der Waals surface area contributed by atoms with Crippen LogP contribution in [0.4, 0.5) is 4.79 Å². The average molecular weight is 233 g/mol. The van der Waals surface area contributed by atoms with Gasteiger partial charge in [-0.2, -0.15) is 0 Å². The molecule has 1 spiro atoms. The monoisotopic (exact) mass is 233 g/mol. The van der Waals surface area contributed by atoms with Gasteiger partial charge in [-0.25, -0.2) is 9.59 Å². The number of ether oxygens (including phenoxy) is 1. The summed E-state index contributed by atoms with van der Waals surface area (Å²) in [5.41, 5.74) is 0.611. The summed E-state index contributed by atoms with van der Waals surface area (Å²) in [4.78, 5) is 23.9. The highest BCUT2D eigenvalue weighted by Gasteiger charge is 2.50. The molecule has 88 valence electrons. The normalized spacial score (nSPS) is 26.1. The van der Waals surface area contributed by atoms with Crippen LogP contribution >= 0.6 is 0 Å². The number of rotatable bonds is 0. The zero-order valence-corrected chi connectivity index (χ0v) is 9.05. The van der Waals surface area contributed by atoms with Crippen molar-refractivity contribution in [3.8, 4) is 0 Å². The van der Waals surface area contributed by atoms with E-state index in [1.54, 1.807) is 12.1 Å². The number of amides is 1. The maximum atomic E-state index is 11.7. The fourth-order valence-corrected chi connectivity index (χ4v) is 2.59. The number of carbonyl (C=O) groups is 2. The van der Waals surface area contributed by atoms with E-state index in [0.29, 0.717) is 18.5 Å². The number of carbonyl (C=O) groups excluding carboxylic acids is 1. The molecule has 1 atom stereocenters. The topological polar surface area (TPSA) is 66.8 Å². The molecule has 1 fully saturated rings. The van der Waals surface area contributed by atoms with Crippen LogP contribution in [0.1, 0.15) is 22.3 Å². The lowest BCUT2D eigenvalue weighted by atomic mass is 9.92. The number of benzene rings is 1. The van der Waals surface area contributed by atoms with Gasteiger partial charge >= 0.3 is 12.1 Å². The molecule has 0 radical (unpaired) electrons. The highest BCUT2D eigenvalue weighted by Crippen LogP contribution is 2.43. The molecule has 3 rings (SSSR count). The minimum absolute atomic E-state index is 0.227. The third kappa shape index (κ3) is 1.32. The van der Waals surface area contributed by atoms with Crippen molar-refractivity contribution < 1.29 is 19.4 Å². The lowest BCUT2D eigenvalue weighted by Gasteiger charge is -2.22. The first kappa shape index (κ1) is 10.1. The Kier molecular flexibility index (Phi) is 1.92. The first-order chi connectivity index (χ1) is 8.12. The molecule has 0 bridgehead atoms. The molecule has 1 N–H and O–H groups in total. The Morgan fingerprint density at radius 1 is 1.41 bits per heavy atom. The van der Waals surface area contributed by atoms with E-state index in [9.17, 15) is 9.59 Å². The van der Waals surface area contributed by atoms with Crippen molar-refractivity contribution in [2.24, 2.45) is 0 Å². The van der Waals surface area contributed by atoms with E-state index >= 15 is 0 Å². The molecule has 2 aliphatic rings. The Bertz CT molecular complexity index is 513. The molecule has 1 saturated heterocycles. The van der Waals surface area contributed by atoms with E-state index in [4.69, 9.17) is 9.84 Å². The summed E-state index contributed by atoms with van der Waals surface area (Å²) in [6.07, 6.45) is -0.440. The fraction of sp³-hybridized carbons (Fsp3) is 0.333.